The summed E-state index contributed by atoms with van der Waals surface area (Å²) in [6, 6.07) is 0. The van der Waals surface area contributed by atoms with Gasteiger partial charge in [-0.25, -0.2) is 22.8 Å². The van der Waals surface area contributed by atoms with Gasteiger partial charge >= 0.3 is 5.97 Å². The molecule has 0 aliphatic rings. The molecule has 0 saturated heterocycles. The van der Waals surface area contributed by atoms with Crippen molar-refractivity contribution >= 4 is 11.7 Å². The maximum atomic E-state index is 13.2. The summed E-state index contributed by atoms with van der Waals surface area (Å²) in [5, 5.41) is 8.43. The van der Waals surface area contributed by atoms with Crippen LogP contribution in [0.1, 0.15) is 15.9 Å². The monoisotopic (exact) mass is 215 g/mol. The van der Waals surface area contributed by atoms with Crippen molar-refractivity contribution in [1.29, 1.82) is 0 Å². The predicted octanol–water partition coefficient (Wildman–Crippen LogP) is 2.66. The van der Waals surface area contributed by atoms with E-state index in [1.54, 1.807) is 0 Å². The summed E-state index contributed by atoms with van der Waals surface area (Å²) in [5.41, 5.74) is -2.79. The fourth-order valence-corrected chi connectivity index (χ4v) is 1.08. The van der Waals surface area contributed by atoms with Crippen molar-refractivity contribution in [2.24, 2.45) is 0 Å². The van der Waals surface area contributed by atoms with Crippen molar-refractivity contribution in [3.8, 4) is 0 Å². The molecule has 3 nitrogen and oxygen atoms in total. The Morgan fingerprint density at radius 1 is 1.27 bits per heavy atom. The van der Waals surface area contributed by atoms with E-state index in [-0.39, 0.29) is 0 Å². The van der Waals surface area contributed by atoms with E-state index in [0.717, 1.165) is 6.92 Å². The number of hydrogen-bond donors (Lipinski definition) is 1. The number of hydrogen-bond acceptors (Lipinski definition) is 1. The quantitative estimate of drug-likeness (QED) is 0.578. The highest BCUT2D eigenvalue weighted by atomic mass is 19.2. The zero-order valence-electron chi connectivity index (χ0n) is 7.44. The minimum absolute atomic E-state index is 0.537. The predicted molar refractivity (Wildman–Crippen MR) is 44.3 cm³/mol. The lowest BCUT2D eigenvalue weighted by atomic mass is 10.1. The Bertz CT molecular complexity index is 491. The number of halogens is 3. The van der Waals surface area contributed by atoms with Gasteiger partial charge in [0.15, 0.2) is 11.6 Å². The zero-order valence-corrected chi connectivity index (χ0v) is 7.44. The number of benzene rings is 1. The highest BCUT2D eigenvalue weighted by Crippen LogP contribution is 2.30. The van der Waals surface area contributed by atoms with Crippen LogP contribution >= 0.6 is 0 Å². The van der Waals surface area contributed by atoms with Crippen molar-refractivity contribution in [2.45, 2.75) is 6.92 Å². The third kappa shape index (κ3) is 1.52. The molecule has 0 aliphatic carbocycles. The smallest absolute Gasteiger partial charge is 0.340 e. The Morgan fingerprint density at radius 3 is 2.20 bits per heavy atom. The van der Waals surface area contributed by atoms with Crippen LogP contribution in [0.15, 0.2) is 0 Å². The van der Waals surface area contributed by atoms with Crippen LogP contribution in [0.25, 0.3) is 4.85 Å². The van der Waals surface area contributed by atoms with Gasteiger partial charge in [-0.05, 0) is 12.5 Å². The second-order valence-electron chi connectivity index (χ2n) is 2.71. The van der Waals surface area contributed by atoms with Crippen LogP contribution in [0, 0.1) is 30.9 Å². The van der Waals surface area contributed by atoms with E-state index in [4.69, 9.17) is 11.7 Å². The Balaban J connectivity index is 3.78. The lowest BCUT2D eigenvalue weighted by Gasteiger charge is -2.06. The summed E-state index contributed by atoms with van der Waals surface area (Å²) >= 11 is 0. The van der Waals surface area contributed by atoms with Gasteiger partial charge in [0.1, 0.15) is 11.4 Å². The van der Waals surface area contributed by atoms with Gasteiger partial charge in [-0.3, -0.25) is 0 Å². The van der Waals surface area contributed by atoms with E-state index < -0.39 is 40.2 Å². The highest BCUT2D eigenvalue weighted by Gasteiger charge is 2.26. The molecule has 0 amide bonds. The maximum Gasteiger partial charge on any atom is 0.340 e. The van der Waals surface area contributed by atoms with E-state index >= 15 is 0 Å². The van der Waals surface area contributed by atoms with Gasteiger partial charge in [-0.15, -0.1) is 0 Å². The number of carbonyl (C=O) groups is 1. The van der Waals surface area contributed by atoms with Crippen LogP contribution in [-0.4, -0.2) is 11.1 Å². The van der Waals surface area contributed by atoms with Gasteiger partial charge < -0.3 is 5.11 Å². The fourth-order valence-electron chi connectivity index (χ4n) is 1.08. The third-order valence-corrected chi connectivity index (χ3v) is 1.85. The van der Waals surface area contributed by atoms with Crippen LogP contribution in [0.5, 0.6) is 0 Å². The molecule has 6 heteroatoms. The van der Waals surface area contributed by atoms with Gasteiger partial charge in [-0.2, -0.15) is 0 Å². The standard InChI is InChI=1S/C9H4F3NO2/c1-3-5(10)6(11)4(9(14)15)7(12)8(3)13-2/h1H3,(H,14,15). The number of carboxylic acids is 1. The summed E-state index contributed by atoms with van der Waals surface area (Å²) in [6.07, 6.45) is 0. The van der Waals surface area contributed by atoms with Gasteiger partial charge in [0.25, 0.3) is 0 Å². The summed E-state index contributed by atoms with van der Waals surface area (Å²) in [4.78, 5) is 13.0. The zero-order chi connectivity index (χ0) is 11.7. The van der Waals surface area contributed by atoms with E-state index in [0.29, 0.717) is 0 Å². The largest absolute Gasteiger partial charge is 0.478 e. The Hall–Kier alpha value is -2.03. The maximum absolute atomic E-state index is 13.2. The van der Waals surface area contributed by atoms with E-state index in [2.05, 4.69) is 4.85 Å². The second-order valence-corrected chi connectivity index (χ2v) is 2.71. The van der Waals surface area contributed by atoms with Crippen molar-refractivity contribution < 1.29 is 23.1 Å². The summed E-state index contributed by atoms with van der Waals surface area (Å²) in [7, 11) is 0. The normalized spacial score (nSPS) is 9.80. The fraction of sp³-hybridized carbons (Fsp3) is 0.111. The van der Waals surface area contributed by atoms with Crippen LogP contribution < -0.4 is 0 Å². The molecule has 0 heterocycles. The molecule has 1 aromatic rings. The first-order valence-corrected chi connectivity index (χ1v) is 3.69. The Morgan fingerprint density at radius 2 is 1.80 bits per heavy atom. The molecule has 0 fully saturated rings. The van der Waals surface area contributed by atoms with Gasteiger partial charge in [0.2, 0.25) is 5.69 Å². The summed E-state index contributed by atoms with van der Waals surface area (Å²) in [6.45, 7) is 7.53. The molecule has 0 aliphatic heterocycles. The van der Waals surface area contributed by atoms with Crippen molar-refractivity contribution in [2.75, 3.05) is 0 Å². The molecule has 1 aromatic carbocycles. The first-order valence-electron chi connectivity index (χ1n) is 3.69. The molecular formula is C9H4F3NO2. The van der Waals surface area contributed by atoms with Crippen LogP contribution in [0.2, 0.25) is 0 Å². The molecule has 0 spiro atoms. The Kier molecular flexibility index (Phi) is 2.66. The molecular weight excluding hydrogens is 211 g/mol. The molecule has 0 bridgehead atoms. The summed E-state index contributed by atoms with van der Waals surface area (Å²) < 4.78 is 39.2. The van der Waals surface area contributed by atoms with Crippen molar-refractivity contribution in [3.63, 3.8) is 0 Å². The summed E-state index contributed by atoms with van der Waals surface area (Å²) in [5.74, 6) is -6.80. The van der Waals surface area contributed by atoms with Gasteiger partial charge in [-0.1, -0.05) is 0 Å². The molecule has 0 unspecified atom stereocenters. The number of carboxylic acid groups (broad SMARTS) is 1. The second kappa shape index (κ2) is 3.61. The van der Waals surface area contributed by atoms with E-state index in [1.165, 1.54) is 0 Å². The topological polar surface area (TPSA) is 41.7 Å². The van der Waals surface area contributed by atoms with Gasteiger partial charge in [0, 0.05) is 0 Å². The molecule has 1 N–H and O–H groups in total. The van der Waals surface area contributed by atoms with Gasteiger partial charge in [0.05, 0.1) is 6.57 Å². The number of aromatic carboxylic acids is 1. The SMILES string of the molecule is [C-]#[N+]c1c(C)c(F)c(F)c(C(=O)O)c1F. The molecule has 0 atom stereocenters. The van der Waals surface area contributed by atoms with E-state index in [9.17, 15) is 18.0 Å². The van der Waals surface area contributed by atoms with Crippen LogP contribution in [0.3, 0.4) is 0 Å². The first kappa shape index (κ1) is 11.0. The average molecular weight is 215 g/mol. The molecule has 0 saturated carbocycles. The number of rotatable bonds is 1. The van der Waals surface area contributed by atoms with Crippen molar-refractivity contribution in [3.05, 3.63) is 40.0 Å². The minimum Gasteiger partial charge on any atom is -0.478 e. The van der Waals surface area contributed by atoms with Crippen LogP contribution in [-0.2, 0) is 0 Å². The van der Waals surface area contributed by atoms with Crippen molar-refractivity contribution in [1.82, 2.24) is 0 Å². The lowest BCUT2D eigenvalue weighted by molar-refractivity contribution is 0.0685. The van der Waals surface area contributed by atoms with Crippen LogP contribution in [0.4, 0.5) is 18.9 Å². The third-order valence-electron chi connectivity index (χ3n) is 1.85. The minimum atomic E-state index is -1.95. The lowest BCUT2D eigenvalue weighted by Crippen LogP contribution is -2.08. The molecule has 15 heavy (non-hydrogen) atoms. The first-order chi connectivity index (χ1) is 6.91. The van der Waals surface area contributed by atoms with E-state index in [1.807, 2.05) is 0 Å². The molecule has 1 rings (SSSR count). The molecule has 0 radical (unpaired) electrons. The molecule has 0 aromatic heterocycles. The number of nitrogens with zero attached hydrogens (tertiary/aromatic N) is 1. The Labute approximate surface area is 82.6 Å². The average Bonchev–Trinajstić information content (AvgIpc) is 2.15. The molecule has 78 valence electrons. The highest BCUT2D eigenvalue weighted by molar-refractivity contribution is 5.90.